The third-order valence-electron chi connectivity index (χ3n) is 2.86. The molecule has 0 unspecified atom stereocenters. The van der Waals surface area contributed by atoms with E-state index in [0.717, 1.165) is 5.56 Å². The zero-order valence-electron chi connectivity index (χ0n) is 10.6. The second-order valence-electron chi connectivity index (χ2n) is 4.16. The second-order valence-corrected chi connectivity index (χ2v) is 4.16. The molecule has 0 N–H and O–H groups in total. The van der Waals surface area contributed by atoms with Crippen molar-refractivity contribution in [2.24, 2.45) is 0 Å². The molecule has 0 spiro atoms. The smallest absolute Gasteiger partial charge is 0.338 e. The molecule has 0 aliphatic carbocycles. The summed E-state index contributed by atoms with van der Waals surface area (Å²) in [6.45, 7) is 1.97. The third kappa shape index (κ3) is 2.99. The Kier molecular flexibility index (Phi) is 3.94. The molecule has 0 saturated carbocycles. The molecule has 0 atom stereocenters. The van der Waals surface area contributed by atoms with E-state index < -0.39 is 0 Å². The van der Waals surface area contributed by atoms with Gasteiger partial charge in [-0.2, -0.15) is 5.26 Å². The van der Waals surface area contributed by atoms with Gasteiger partial charge in [-0.15, -0.1) is 0 Å². The van der Waals surface area contributed by atoms with Crippen LogP contribution in [0.2, 0.25) is 0 Å². The number of benzene rings is 2. The van der Waals surface area contributed by atoms with Crippen molar-refractivity contribution in [1.82, 2.24) is 0 Å². The predicted molar refractivity (Wildman–Crippen MR) is 71.5 cm³/mol. The number of ether oxygens (including phenoxy) is 1. The molecule has 2 aromatic carbocycles. The average Bonchev–Trinajstić information content (AvgIpc) is 2.45. The molecular formula is C16H13NO2. The fraction of sp³-hybridized carbons (Fsp3) is 0.125. The van der Waals surface area contributed by atoms with Crippen molar-refractivity contribution in [1.29, 1.82) is 5.26 Å². The van der Waals surface area contributed by atoms with Crippen LogP contribution in [0.25, 0.3) is 0 Å². The Morgan fingerprint density at radius 2 is 1.84 bits per heavy atom. The lowest BCUT2D eigenvalue weighted by Crippen LogP contribution is -2.07. The minimum atomic E-state index is -0.370. The second kappa shape index (κ2) is 5.83. The molecule has 0 heterocycles. The Morgan fingerprint density at radius 1 is 1.16 bits per heavy atom. The first-order valence-electron chi connectivity index (χ1n) is 5.93. The summed E-state index contributed by atoms with van der Waals surface area (Å²) < 4.78 is 5.25. The Labute approximate surface area is 112 Å². The lowest BCUT2D eigenvalue weighted by atomic mass is 10.1. The molecule has 0 amide bonds. The molecule has 0 fully saturated rings. The zero-order valence-corrected chi connectivity index (χ0v) is 10.6. The van der Waals surface area contributed by atoms with Crippen LogP contribution in [0.4, 0.5) is 0 Å². The van der Waals surface area contributed by atoms with Crippen molar-refractivity contribution in [3.8, 4) is 6.07 Å². The highest BCUT2D eigenvalue weighted by atomic mass is 16.5. The molecule has 0 aromatic heterocycles. The minimum absolute atomic E-state index is 0.108. The van der Waals surface area contributed by atoms with Crippen LogP contribution in [-0.2, 0) is 11.3 Å². The summed E-state index contributed by atoms with van der Waals surface area (Å²) in [6.07, 6.45) is 0. The number of nitriles is 1. The maximum absolute atomic E-state index is 11.9. The van der Waals surface area contributed by atoms with Crippen molar-refractivity contribution in [3.05, 3.63) is 70.8 Å². The summed E-state index contributed by atoms with van der Waals surface area (Å²) in [5.41, 5.74) is 2.67. The molecule has 3 nitrogen and oxygen atoms in total. The van der Waals surface area contributed by atoms with Crippen molar-refractivity contribution in [2.75, 3.05) is 0 Å². The lowest BCUT2D eigenvalue weighted by Gasteiger charge is -2.07. The van der Waals surface area contributed by atoms with Gasteiger partial charge in [-0.25, -0.2) is 4.79 Å². The summed E-state index contributed by atoms with van der Waals surface area (Å²) in [5.74, 6) is -0.370. The average molecular weight is 251 g/mol. The number of rotatable bonds is 3. The van der Waals surface area contributed by atoms with Gasteiger partial charge in [0.05, 0.1) is 17.2 Å². The molecule has 0 aliphatic heterocycles. The highest BCUT2D eigenvalue weighted by molar-refractivity contribution is 5.90. The van der Waals surface area contributed by atoms with Crippen LogP contribution < -0.4 is 0 Å². The van der Waals surface area contributed by atoms with Crippen LogP contribution in [0.1, 0.15) is 27.0 Å². The van der Waals surface area contributed by atoms with E-state index >= 15 is 0 Å². The predicted octanol–water partition coefficient (Wildman–Crippen LogP) is 3.22. The van der Waals surface area contributed by atoms with Gasteiger partial charge in [0, 0.05) is 5.56 Å². The number of hydrogen-bond acceptors (Lipinski definition) is 3. The number of hydrogen-bond donors (Lipinski definition) is 0. The number of nitrogens with zero attached hydrogens (tertiary/aromatic N) is 1. The Hall–Kier alpha value is -2.60. The van der Waals surface area contributed by atoms with Crippen LogP contribution in [0.15, 0.2) is 48.5 Å². The van der Waals surface area contributed by atoms with Gasteiger partial charge in [-0.1, -0.05) is 36.4 Å². The first-order valence-corrected chi connectivity index (χ1v) is 5.93. The van der Waals surface area contributed by atoms with Gasteiger partial charge < -0.3 is 4.74 Å². The number of esters is 1. The van der Waals surface area contributed by atoms with Crippen LogP contribution in [0.5, 0.6) is 0 Å². The first-order chi connectivity index (χ1) is 9.22. The van der Waals surface area contributed by atoms with Crippen molar-refractivity contribution >= 4 is 5.97 Å². The van der Waals surface area contributed by atoms with Gasteiger partial charge in [-0.05, 0) is 24.6 Å². The molecule has 94 valence electrons. The van der Waals surface area contributed by atoms with Gasteiger partial charge in [0.15, 0.2) is 0 Å². The normalized spacial score (nSPS) is 9.68. The summed E-state index contributed by atoms with van der Waals surface area (Å²) >= 11 is 0. The van der Waals surface area contributed by atoms with Gasteiger partial charge in [0.1, 0.15) is 6.61 Å². The van der Waals surface area contributed by atoms with Crippen molar-refractivity contribution in [3.63, 3.8) is 0 Å². The molecular weight excluding hydrogens is 238 g/mol. The van der Waals surface area contributed by atoms with E-state index in [2.05, 4.69) is 6.07 Å². The summed E-state index contributed by atoms with van der Waals surface area (Å²) in [5, 5.41) is 8.95. The van der Waals surface area contributed by atoms with E-state index in [1.807, 2.05) is 25.1 Å². The summed E-state index contributed by atoms with van der Waals surface area (Å²) in [7, 11) is 0. The minimum Gasteiger partial charge on any atom is -0.457 e. The van der Waals surface area contributed by atoms with Crippen molar-refractivity contribution < 1.29 is 9.53 Å². The van der Waals surface area contributed by atoms with Gasteiger partial charge in [0.25, 0.3) is 0 Å². The number of carbonyl (C=O) groups excluding carboxylic acids is 1. The first kappa shape index (κ1) is 12.8. The standard InChI is InChI=1S/C16H13NO2/c1-12-6-2-5-9-15(12)16(18)19-11-14-8-4-3-7-13(14)10-17/h2-9H,11H2,1H3. The van der Waals surface area contributed by atoms with Crippen LogP contribution in [0.3, 0.4) is 0 Å². The molecule has 19 heavy (non-hydrogen) atoms. The Morgan fingerprint density at radius 3 is 2.58 bits per heavy atom. The fourth-order valence-electron chi connectivity index (χ4n) is 1.78. The number of carbonyl (C=O) groups is 1. The highest BCUT2D eigenvalue weighted by Crippen LogP contribution is 2.12. The lowest BCUT2D eigenvalue weighted by molar-refractivity contribution is 0.0471. The molecule has 0 aliphatic rings. The maximum atomic E-state index is 11.9. The maximum Gasteiger partial charge on any atom is 0.338 e. The van der Waals surface area contributed by atoms with Gasteiger partial charge in [-0.3, -0.25) is 0 Å². The fourth-order valence-corrected chi connectivity index (χ4v) is 1.78. The Bertz CT molecular complexity index is 641. The van der Waals surface area contributed by atoms with Crippen LogP contribution in [-0.4, -0.2) is 5.97 Å². The molecule has 0 radical (unpaired) electrons. The van der Waals surface area contributed by atoms with E-state index in [4.69, 9.17) is 10.00 Å². The summed E-state index contributed by atoms with van der Waals surface area (Å²) in [6, 6.07) is 16.4. The SMILES string of the molecule is Cc1ccccc1C(=O)OCc1ccccc1C#N. The molecule has 0 bridgehead atoms. The van der Waals surface area contributed by atoms with Gasteiger partial charge >= 0.3 is 5.97 Å². The zero-order chi connectivity index (χ0) is 13.7. The largest absolute Gasteiger partial charge is 0.457 e. The number of aryl methyl sites for hydroxylation is 1. The molecule has 2 aromatic rings. The topological polar surface area (TPSA) is 50.1 Å². The van der Waals surface area contributed by atoms with Crippen LogP contribution >= 0.6 is 0 Å². The van der Waals surface area contributed by atoms with Crippen LogP contribution in [0, 0.1) is 18.3 Å². The van der Waals surface area contributed by atoms with E-state index in [-0.39, 0.29) is 12.6 Å². The molecule has 3 heteroatoms. The monoisotopic (exact) mass is 251 g/mol. The van der Waals surface area contributed by atoms with E-state index in [1.54, 1.807) is 30.3 Å². The molecule has 2 rings (SSSR count). The Balaban J connectivity index is 2.10. The van der Waals surface area contributed by atoms with Crippen molar-refractivity contribution in [2.45, 2.75) is 13.5 Å². The third-order valence-corrected chi connectivity index (χ3v) is 2.86. The van der Waals surface area contributed by atoms with Gasteiger partial charge in [0.2, 0.25) is 0 Å². The summed E-state index contributed by atoms with van der Waals surface area (Å²) in [4.78, 5) is 11.9. The molecule has 0 saturated heterocycles. The van der Waals surface area contributed by atoms with E-state index in [1.165, 1.54) is 0 Å². The van der Waals surface area contributed by atoms with E-state index in [9.17, 15) is 4.79 Å². The quantitative estimate of drug-likeness (QED) is 0.787. The van der Waals surface area contributed by atoms with E-state index in [0.29, 0.717) is 16.7 Å². The highest BCUT2D eigenvalue weighted by Gasteiger charge is 2.10.